The summed E-state index contributed by atoms with van der Waals surface area (Å²) in [6.07, 6.45) is 1.77. The van der Waals surface area contributed by atoms with Crippen molar-refractivity contribution in [2.75, 3.05) is 89.0 Å². The molecule has 0 radical (unpaired) electrons. The van der Waals surface area contributed by atoms with Crippen molar-refractivity contribution >= 4 is 23.7 Å². The van der Waals surface area contributed by atoms with Crippen LogP contribution in [0.2, 0.25) is 0 Å². The molecule has 3 saturated heterocycles. The van der Waals surface area contributed by atoms with Gasteiger partial charge in [-0.3, -0.25) is 4.90 Å². The minimum atomic E-state index is -0.484. The van der Waals surface area contributed by atoms with Crippen molar-refractivity contribution in [2.45, 2.75) is 58.2 Å². The van der Waals surface area contributed by atoms with Gasteiger partial charge in [0.15, 0.2) is 5.84 Å². The number of ether oxygens (including phenoxy) is 2. The Morgan fingerprint density at radius 3 is 2.50 bits per heavy atom. The van der Waals surface area contributed by atoms with E-state index in [4.69, 9.17) is 25.2 Å². The Labute approximate surface area is 237 Å². The first-order valence-corrected chi connectivity index (χ1v) is 14.4. The predicted octanol–water partition coefficient (Wildman–Crippen LogP) is 1.25. The molecule has 0 bridgehead atoms. The molecule has 1 amide bonds. The van der Waals surface area contributed by atoms with Gasteiger partial charge in [0.1, 0.15) is 17.1 Å². The van der Waals surface area contributed by atoms with Crippen molar-refractivity contribution in [3.05, 3.63) is 11.8 Å². The van der Waals surface area contributed by atoms with E-state index in [-0.39, 0.29) is 18.0 Å². The minimum Gasteiger partial charge on any atom is -0.444 e. The third kappa shape index (κ3) is 7.64. The highest BCUT2D eigenvalue weighted by atomic mass is 16.6. The number of anilines is 2. The van der Waals surface area contributed by atoms with E-state index < -0.39 is 5.60 Å². The number of piperazine rings is 1. The molecule has 13 nitrogen and oxygen atoms in total. The lowest BCUT2D eigenvalue weighted by Crippen LogP contribution is -2.64. The monoisotopic (exact) mass is 561 g/mol. The predicted molar refractivity (Wildman–Crippen MR) is 154 cm³/mol. The van der Waals surface area contributed by atoms with Gasteiger partial charge in [0.05, 0.1) is 0 Å². The van der Waals surface area contributed by atoms with Gasteiger partial charge in [0.2, 0.25) is 5.95 Å². The number of likely N-dealkylation sites (tertiary alicyclic amines) is 1. The van der Waals surface area contributed by atoms with Crippen LogP contribution in [0.5, 0.6) is 0 Å². The maximum absolute atomic E-state index is 12.3. The van der Waals surface area contributed by atoms with E-state index in [1.165, 1.54) is 0 Å². The van der Waals surface area contributed by atoms with Crippen LogP contribution in [0.3, 0.4) is 0 Å². The topological polar surface area (TPSA) is 136 Å². The average Bonchev–Trinajstić information content (AvgIpc) is 3.07. The maximum Gasteiger partial charge on any atom is 0.410 e. The number of nitrogens with zero attached hydrogens (tertiary/aromatic N) is 8. The van der Waals surface area contributed by atoms with Crippen molar-refractivity contribution in [3.63, 3.8) is 0 Å². The number of carbonyl (C=O) groups is 1. The molecule has 0 unspecified atom stereocenters. The molecule has 3 N–H and O–H groups in total. The van der Waals surface area contributed by atoms with Gasteiger partial charge in [0.25, 0.3) is 0 Å². The Hall–Kier alpha value is -2.90. The Bertz CT molecular complexity index is 1020. The molecular weight excluding hydrogens is 514 g/mol. The molecule has 1 aromatic heterocycles. The lowest BCUT2D eigenvalue weighted by atomic mass is 10.1. The fraction of sp³-hybridized carbons (Fsp3) is 0.778. The fourth-order valence-electron chi connectivity index (χ4n) is 5.55. The molecule has 3 aliphatic heterocycles. The van der Waals surface area contributed by atoms with Gasteiger partial charge in [-0.25, -0.2) is 9.78 Å². The van der Waals surface area contributed by atoms with E-state index in [0.29, 0.717) is 30.8 Å². The minimum absolute atomic E-state index is 0.0242. The molecule has 1 atom stereocenters. The number of hydrogen-bond donors (Lipinski definition) is 2. The third-order valence-electron chi connectivity index (χ3n) is 7.75. The second-order valence-corrected chi connectivity index (χ2v) is 12.0. The quantitative estimate of drug-likeness (QED) is 0.156. The van der Waals surface area contributed by atoms with Gasteiger partial charge in [-0.1, -0.05) is 5.16 Å². The molecule has 13 heteroatoms. The Kier molecular flexibility index (Phi) is 9.90. The second kappa shape index (κ2) is 13.2. The summed E-state index contributed by atoms with van der Waals surface area (Å²) in [5, 5.41) is 12.6. The molecule has 3 aliphatic rings. The number of amidine groups is 1. The summed E-state index contributed by atoms with van der Waals surface area (Å²) in [4.78, 5) is 33.2. The second-order valence-electron chi connectivity index (χ2n) is 12.0. The highest BCUT2D eigenvalue weighted by Crippen LogP contribution is 2.25. The van der Waals surface area contributed by atoms with Crippen LogP contribution >= 0.6 is 0 Å². The van der Waals surface area contributed by atoms with E-state index >= 15 is 0 Å². The van der Waals surface area contributed by atoms with Gasteiger partial charge in [0, 0.05) is 90.8 Å². The number of methoxy groups -OCH3 is 1. The lowest BCUT2D eigenvalue weighted by molar-refractivity contribution is -0.0162. The summed E-state index contributed by atoms with van der Waals surface area (Å²) in [6.45, 7) is 17.1. The van der Waals surface area contributed by atoms with Crippen LogP contribution in [0, 0.1) is 0 Å². The number of rotatable bonds is 8. The summed E-state index contributed by atoms with van der Waals surface area (Å²) >= 11 is 0. The Morgan fingerprint density at radius 2 is 1.85 bits per heavy atom. The van der Waals surface area contributed by atoms with Crippen LogP contribution in [0.1, 0.15) is 46.2 Å². The summed E-state index contributed by atoms with van der Waals surface area (Å²) in [6, 6.07) is 2.36. The molecule has 224 valence electrons. The van der Waals surface area contributed by atoms with E-state index in [1.54, 1.807) is 18.1 Å². The maximum atomic E-state index is 12.3. The zero-order chi connectivity index (χ0) is 28.9. The summed E-state index contributed by atoms with van der Waals surface area (Å²) in [5.74, 6) is 1.37. The molecule has 0 aromatic carbocycles. The van der Waals surface area contributed by atoms with Gasteiger partial charge in [-0.05, 0) is 47.1 Å². The van der Waals surface area contributed by atoms with Gasteiger partial charge < -0.3 is 40.0 Å². The number of aromatic nitrogens is 2. The van der Waals surface area contributed by atoms with Gasteiger partial charge in [-0.2, -0.15) is 4.98 Å². The number of oxime groups is 1. The van der Waals surface area contributed by atoms with Crippen molar-refractivity contribution in [1.29, 1.82) is 0 Å². The molecule has 40 heavy (non-hydrogen) atoms. The molecule has 3 fully saturated rings. The third-order valence-corrected chi connectivity index (χ3v) is 7.75. The fourth-order valence-corrected chi connectivity index (χ4v) is 5.55. The van der Waals surface area contributed by atoms with Crippen molar-refractivity contribution in [1.82, 2.24) is 24.7 Å². The van der Waals surface area contributed by atoms with Crippen LogP contribution < -0.4 is 15.5 Å². The van der Waals surface area contributed by atoms with Crippen LogP contribution in [0.25, 0.3) is 0 Å². The first-order chi connectivity index (χ1) is 19.1. The molecule has 0 saturated carbocycles. The zero-order valence-corrected chi connectivity index (χ0v) is 24.8. The van der Waals surface area contributed by atoms with Crippen molar-refractivity contribution < 1.29 is 19.5 Å². The standard InChI is InChI=1S/C27H47N9O4/c1-20-17-32(9-7-15-39-5)8-6-10-36(20)25-29-22(24(28)31-38)16-23(30-25)34-13-11-33(12-14-34)21-18-35(19-21)26(37)40-27(2,3)4/h16,20-21,38H,6-15,17-19H2,1-5H3,(H2,28,31)/t20-/m0/s1. The summed E-state index contributed by atoms with van der Waals surface area (Å²) in [7, 11) is 1.74. The van der Waals surface area contributed by atoms with Crippen molar-refractivity contribution in [3.8, 4) is 0 Å². The number of hydrogen-bond acceptors (Lipinski definition) is 11. The SMILES string of the molecule is COCCCN1CCCN(c2nc(/C(N)=N/O)cc(N3CCN(C4CN(C(=O)OC(C)(C)C)C4)CC3)n2)[C@@H](C)C1. The number of amides is 1. The van der Waals surface area contributed by atoms with E-state index in [2.05, 4.69) is 31.7 Å². The highest BCUT2D eigenvalue weighted by molar-refractivity contribution is 5.96. The lowest BCUT2D eigenvalue weighted by Gasteiger charge is -2.48. The molecule has 0 spiro atoms. The van der Waals surface area contributed by atoms with Crippen LogP contribution in [0.15, 0.2) is 11.2 Å². The number of nitrogens with two attached hydrogens (primary N) is 1. The normalized spacial score (nSPS) is 22.3. The largest absolute Gasteiger partial charge is 0.444 e. The molecule has 4 rings (SSSR count). The molecular formula is C27H47N9O4. The Balaban J connectivity index is 1.40. The molecule has 1 aromatic rings. The zero-order valence-electron chi connectivity index (χ0n) is 24.8. The van der Waals surface area contributed by atoms with Crippen LogP contribution in [-0.4, -0.2) is 139 Å². The highest BCUT2D eigenvalue weighted by Gasteiger charge is 2.38. The first-order valence-electron chi connectivity index (χ1n) is 14.4. The molecule has 0 aliphatic carbocycles. The van der Waals surface area contributed by atoms with E-state index in [1.807, 2.05) is 20.8 Å². The van der Waals surface area contributed by atoms with E-state index in [9.17, 15) is 10.0 Å². The van der Waals surface area contributed by atoms with E-state index in [0.717, 1.165) is 77.6 Å². The number of carbonyl (C=O) groups excluding carboxylic acids is 1. The summed E-state index contributed by atoms with van der Waals surface area (Å²) in [5.41, 5.74) is 5.95. The van der Waals surface area contributed by atoms with Crippen molar-refractivity contribution in [2.24, 2.45) is 10.9 Å². The summed E-state index contributed by atoms with van der Waals surface area (Å²) < 4.78 is 10.7. The molecule has 4 heterocycles. The van der Waals surface area contributed by atoms with Crippen LogP contribution in [0.4, 0.5) is 16.6 Å². The van der Waals surface area contributed by atoms with Crippen LogP contribution in [-0.2, 0) is 9.47 Å². The Morgan fingerprint density at radius 1 is 1.12 bits per heavy atom. The average molecular weight is 562 g/mol. The first kappa shape index (κ1) is 30.1. The van der Waals surface area contributed by atoms with Gasteiger partial charge in [-0.15, -0.1) is 0 Å². The van der Waals surface area contributed by atoms with Gasteiger partial charge >= 0.3 is 6.09 Å². The smallest absolute Gasteiger partial charge is 0.410 e.